The molecule has 1 atom stereocenters. The predicted octanol–water partition coefficient (Wildman–Crippen LogP) is 2.68. The van der Waals surface area contributed by atoms with Gasteiger partial charge in [0.2, 0.25) is 5.91 Å². The second-order valence-electron chi connectivity index (χ2n) is 6.23. The average Bonchev–Trinajstić information content (AvgIpc) is 2.89. The maximum Gasteiger partial charge on any atom is 0.240 e. The molecular formula is C17H25N3O. The largest absolute Gasteiger partial charge is 0.361 e. The number of hydrogen-bond donors (Lipinski definition) is 2. The average molecular weight is 287 g/mol. The number of hydrogen-bond acceptors (Lipinski definition) is 2. The Bertz CT molecular complexity index is 630. The summed E-state index contributed by atoms with van der Waals surface area (Å²) in [6, 6.07) is 7.56. The van der Waals surface area contributed by atoms with E-state index >= 15 is 0 Å². The lowest BCUT2D eigenvalue weighted by Crippen LogP contribution is -2.51. The molecule has 4 nitrogen and oxygen atoms in total. The van der Waals surface area contributed by atoms with Crippen LogP contribution in [-0.4, -0.2) is 34.4 Å². The van der Waals surface area contributed by atoms with E-state index in [9.17, 15) is 4.79 Å². The number of carbonyl (C=O) groups is 1. The Hall–Kier alpha value is -1.81. The normalized spacial score (nSPS) is 13.4. The van der Waals surface area contributed by atoms with E-state index in [0.717, 1.165) is 22.9 Å². The fraction of sp³-hybridized carbons (Fsp3) is 0.471. The van der Waals surface area contributed by atoms with Crippen molar-refractivity contribution in [1.82, 2.24) is 9.88 Å². The van der Waals surface area contributed by atoms with Crippen LogP contribution in [0.1, 0.15) is 32.8 Å². The highest BCUT2D eigenvalue weighted by atomic mass is 16.2. The maximum atomic E-state index is 12.5. The van der Waals surface area contributed by atoms with Crippen molar-refractivity contribution in [2.45, 2.75) is 45.2 Å². The van der Waals surface area contributed by atoms with Gasteiger partial charge in [0.1, 0.15) is 0 Å². The number of amides is 1. The van der Waals surface area contributed by atoms with Gasteiger partial charge < -0.3 is 15.6 Å². The second-order valence-corrected chi connectivity index (χ2v) is 6.23. The molecule has 1 heterocycles. The number of carbonyl (C=O) groups excluding carboxylic acids is 1. The van der Waals surface area contributed by atoms with Crippen LogP contribution in [0.15, 0.2) is 30.5 Å². The summed E-state index contributed by atoms with van der Waals surface area (Å²) in [4.78, 5) is 17.5. The van der Waals surface area contributed by atoms with Gasteiger partial charge >= 0.3 is 0 Å². The third-order valence-electron chi connectivity index (χ3n) is 4.54. The maximum absolute atomic E-state index is 12.5. The minimum atomic E-state index is -0.514. The van der Waals surface area contributed by atoms with Crippen molar-refractivity contribution in [3.8, 4) is 0 Å². The van der Waals surface area contributed by atoms with Gasteiger partial charge in [0.05, 0.1) is 6.04 Å². The van der Waals surface area contributed by atoms with Gasteiger partial charge in [-0.3, -0.25) is 4.79 Å². The van der Waals surface area contributed by atoms with E-state index in [1.54, 1.807) is 4.90 Å². The standard InChI is InChI=1S/C17H25N3O/c1-5-17(2,3)20(4)16(21)14(18)10-12-11-19-15-9-7-6-8-13(12)15/h6-9,11,14,19H,5,10,18H2,1-4H3/t14-/m1/s1. The van der Waals surface area contributed by atoms with Crippen molar-refractivity contribution < 1.29 is 4.79 Å². The molecule has 1 aromatic carbocycles. The first-order valence-corrected chi connectivity index (χ1v) is 7.45. The number of aromatic nitrogens is 1. The first-order valence-electron chi connectivity index (χ1n) is 7.45. The van der Waals surface area contributed by atoms with Crippen molar-refractivity contribution in [3.63, 3.8) is 0 Å². The molecule has 2 aromatic rings. The molecule has 3 N–H and O–H groups in total. The molecule has 2 rings (SSSR count). The first-order chi connectivity index (χ1) is 9.86. The van der Waals surface area contributed by atoms with Gasteiger partial charge in [-0.05, 0) is 38.3 Å². The third-order valence-corrected chi connectivity index (χ3v) is 4.54. The molecule has 114 valence electrons. The molecular weight excluding hydrogens is 262 g/mol. The zero-order valence-electron chi connectivity index (χ0n) is 13.3. The van der Waals surface area contributed by atoms with Crippen molar-refractivity contribution in [2.24, 2.45) is 5.73 Å². The SMILES string of the molecule is CCC(C)(C)N(C)C(=O)[C@H](N)Cc1c[nH]c2ccccc12. The summed E-state index contributed by atoms with van der Waals surface area (Å²) in [5.41, 5.74) is 8.14. The Labute approximate surface area is 126 Å². The zero-order valence-corrected chi connectivity index (χ0v) is 13.3. The molecule has 4 heteroatoms. The predicted molar refractivity (Wildman–Crippen MR) is 87.1 cm³/mol. The Kier molecular flexibility index (Phi) is 4.37. The highest BCUT2D eigenvalue weighted by molar-refractivity contribution is 5.86. The van der Waals surface area contributed by atoms with Gasteiger partial charge in [-0.15, -0.1) is 0 Å². The van der Waals surface area contributed by atoms with Crippen LogP contribution >= 0.6 is 0 Å². The van der Waals surface area contributed by atoms with Gasteiger partial charge in [0.15, 0.2) is 0 Å². The number of aromatic amines is 1. The van der Waals surface area contributed by atoms with Gasteiger partial charge in [0.25, 0.3) is 0 Å². The summed E-state index contributed by atoms with van der Waals surface area (Å²) in [5.74, 6) is -0.00729. The summed E-state index contributed by atoms with van der Waals surface area (Å²) in [6.45, 7) is 6.20. The molecule has 0 unspecified atom stereocenters. The second kappa shape index (κ2) is 5.90. The summed E-state index contributed by atoms with van der Waals surface area (Å²) in [5, 5.41) is 1.14. The molecule has 0 radical (unpaired) electrons. The van der Waals surface area contributed by atoms with Crippen molar-refractivity contribution in [2.75, 3.05) is 7.05 Å². The van der Waals surface area contributed by atoms with E-state index in [4.69, 9.17) is 5.73 Å². The van der Waals surface area contributed by atoms with Crippen molar-refractivity contribution in [3.05, 3.63) is 36.0 Å². The highest BCUT2D eigenvalue weighted by Gasteiger charge is 2.29. The summed E-state index contributed by atoms with van der Waals surface area (Å²) >= 11 is 0. The molecule has 0 saturated carbocycles. The zero-order chi connectivity index (χ0) is 15.6. The number of para-hydroxylation sites is 1. The summed E-state index contributed by atoms with van der Waals surface area (Å²) < 4.78 is 0. The smallest absolute Gasteiger partial charge is 0.240 e. The van der Waals surface area contributed by atoms with E-state index in [-0.39, 0.29) is 11.4 Å². The first kappa shape index (κ1) is 15.6. The molecule has 21 heavy (non-hydrogen) atoms. The molecule has 1 amide bonds. The van der Waals surface area contributed by atoms with Crippen LogP contribution in [0.5, 0.6) is 0 Å². The minimum absolute atomic E-state index is 0.00729. The number of rotatable bonds is 5. The number of likely N-dealkylation sites (N-methyl/N-ethyl adjacent to an activating group) is 1. The van der Waals surface area contributed by atoms with E-state index in [0.29, 0.717) is 6.42 Å². The van der Waals surface area contributed by atoms with Crippen LogP contribution in [-0.2, 0) is 11.2 Å². The van der Waals surface area contributed by atoms with Crippen LogP contribution in [0.3, 0.4) is 0 Å². The van der Waals surface area contributed by atoms with E-state index in [2.05, 4.69) is 31.8 Å². The van der Waals surface area contributed by atoms with Crippen LogP contribution in [0, 0.1) is 0 Å². The molecule has 0 spiro atoms. The quantitative estimate of drug-likeness (QED) is 0.888. The van der Waals surface area contributed by atoms with E-state index in [1.807, 2.05) is 31.4 Å². The molecule has 0 aliphatic heterocycles. The van der Waals surface area contributed by atoms with Gasteiger partial charge in [-0.25, -0.2) is 0 Å². The van der Waals surface area contributed by atoms with Crippen LogP contribution in [0.25, 0.3) is 10.9 Å². The molecule has 0 bridgehead atoms. The fourth-order valence-corrected chi connectivity index (χ4v) is 2.41. The Morgan fingerprint density at radius 1 is 1.38 bits per heavy atom. The topological polar surface area (TPSA) is 62.1 Å². The third kappa shape index (κ3) is 3.10. The monoisotopic (exact) mass is 287 g/mol. The number of nitrogens with zero attached hydrogens (tertiary/aromatic N) is 1. The van der Waals surface area contributed by atoms with Crippen LogP contribution < -0.4 is 5.73 Å². The lowest BCUT2D eigenvalue weighted by atomic mass is 9.97. The number of nitrogens with two attached hydrogens (primary N) is 1. The van der Waals surface area contributed by atoms with Crippen molar-refractivity contribution >= 4 is 16.8 Å². The van der Waals surface area contributed by atoms with Gasteiger partial charge in [-0.1, -0.05) is 25.1 Å². The Morgan fingerprint density at radius 2 is 2.05 bits per heavy atom. The van der Waals surface area contributed by atoms with Gasteiger partial charge in [-0.2, -0.15) is 0 Å². The number of nitrogens with one attached hydrogen (secondary N) is 1. The van der Waals surface area contributed by atoms with E-state index < -0.39 is 6.04 Å². The molecule has 1 aromatic heterocycles. The van der Waals surface area contributed by atoms with E-state index in [1.165, 1.54) is 0 Å². The van der Waals surface area contributed by atoms with Crippen LogP contribution in [0.2, 0.25) is 0 Å². The van der Waals surface area contributed by atoms with Crippen molar-refractivity contribution in [1.29, 1.82) is 0 Å². The molecule has 0 aliphatic carbocycles. The summed E-state index contributed by atoms with van der Waals surface area (Å²) in [7, 11) is 1.83. The van der Waals surface area contributed by atoms with Crippen LogP contribution in [0.4, 0.5) is 0 Å². The lowest BCUT2D eigenvalue weighted by molar-refractivity contribution is -0.136. The fourth-order valence-electron chi connectivity index (χ4n) is 2.41. The summed E-state index contributed by atoms with van der Waals surface area (Å²) in [6.07, 6.45) is 3.39. The number of H-pyrrole nitrogens is 1. The highest BCUT2D eigenvalue weighted by Crippen LogP contribution is 2.21. The van der Waals surface area contributed by atoms with Gasteiger partial charge in [0, 0.05) is 29.7 Å². The molecule has 0 saturated heterocycles. The minimum Gasteiger partial charge on any atom is -0.361 e. The number of fused-ring (bicyclic) bond motifs is 1. The molecule has 0 fully saturated rings. The Balaban J connectivity index is 2.14. The molecule has 0 aliphatic rings. The Morgan fingerprint density at radius 3 is 2.71 bits per heavy atom. The number of benzene rings is 1. The lowest BCUT2D eigenvalue weighted by Gasteiger charge is -2.36.